The average Bonchev–Trinajstić information content (AvgIpc) is 2.11. The van der Waals surface area contributed by atoms with Crippen LogP contribution in [0.25, 0.3) is 0 Å². The van der Waals surface area contributed by atoms with Crippen LogP contribution in [0.2, 0.25) is 0 Å². The van der Waals surface area contributed by atoms with Crippen LogP contribution >= 0.6 is 0 Å². The smallest absolute Gasteiger partial charge is 0.345 e. The van der Waals surface area contributed by atoms with Crippen molar-refractivity contribution < 1.29 is 27.8 Å². The van der Waals surface area contributed by atoms with E-state index in [1.54, 1.807) is 0 Å². The third-order valence-electron chi connectivity index (χ3n) is 1.74. The van der Waals surface area contributed by atoms with Crippen LogP contribution in [0.4, 0.5) is 13.2 Å². The summed E-state index contributed by atoms with van der Waals surface area (Å²) in [4.78, 5) is 11.5. The highest BCUT2D eigenvalue weighted by Crippen LogP contribution is 2.27. The quantitative estimate of drug-likeness (QED) is 0.614. The summed E-state index contributed by atoms with van der Waals surface area (Å²) >= 11 is 0. The molecule has 17 heavy (non-hydrogen) atoms. The summed E-state index contributed by atoms with van der Waals surface area (Å²) in [6.45, 7) is 4.54. The van der Waals surface area contributed by atoms with Crippen molar-refractivity contribution in [1.29, 1.82) is 0 Å². The first-order chi connectivity index (χ1) is 7.63. The molecule has 1 N–H and O–H groups in total. The molecule has 0 unspecified atom stereocenters. The number of hydrogen-bond acceptors (Lipinski definition) is 3. The van der Waals surface area contributed by atoms with Crippen molar-refractivity contribution in [2.45, 2.75) is 26.4 Å². The molecule has 0 spiro atoms. The van der Waals surface area contributed by atoms with Gasteiger partial charge in [-0.25, -0.2) is 18.0 Å². The molecule has 94 valence electrons. The van der Waals surface area contributed by atoms with Gasteiger partial charge in [0.2, 0.25) is 0 Å². The Morgan fingerprint density at radius 3 is 2.24 bits per heavy atom. The monoisotopic (exact) mass is 248 g/mol. The number of phenols is 1. The summed E-state index contributed by atoms with van der Waals surface area (Å²) in [7, 11) is 0. The van der Waals surface area contributed by atoms with Crippen LogP contribution in [0, 0.1) is 17.5 Å². The molecule has 0 bridgehead atoms. The molecule has 0 saturated carbocycles. The molecule has 0 fully saturated rings. The van der Waals surface area contributed by atoms with Gasteiger partial charge in [0.15, 0.2) is 17.5 Å². The second-order valence-corrected chi connectivity index (χ2v) is 4.38. The van der Waals surface area contributed by atoms with Crippen LogP contribution in [0.15, 0.2) is 6.07 Å². The van der Waals surface area contributed by atoms with Crippen LogP contribution in [0.5, 0.6) is 5.75 Å². The van der Waals surface area contributed by atoms with E-state index in [9.17, 15) is 23.1 Å². The van der Waals surface area contributed by atoms with E-state index in [0.29, 0.717) is 6.07 Å². The van der Waals surface area contributed by atoms with Crippen molar-refractivity contribution in [2.75, 3.05) is 0 Å². The number of halogens is 3. The predicted octanol–water partition coefficient (Wildman–Crippen LogP) is 2.76. The third kappa shape index (κ3) is 2.89. The maximum Gasteiger partial charge on any atom is 0.345 e. The summed E-state index contributed by atoms with van der Waals surface area (Å²) < 4.78 is 43.6. The summed E-state index contributed by atoms with van der Waals surface area (Å²) in [5, 5.41) is 9.22. The zero-order chi connectivity index (χ0) is 13.4. The number of esters is 1. The van der Waals surface area contributed by atoms with Gasteiger partial charge in [-0.3, -0.25) is 0 Å². The topological polar surface area (TPSA) is 46.5 Å². The molecule has 0 saturated heterocycles. The second kappa shape index (κ2) is 4.27. The first-order valence-electron chi connectivity index (χ1n) is 4.73. The molecular formula is C11H11F3O3. The van der Waals surface area contributed by atoms with Gasteiger partial charge in [0, 0.05) is 6.07 Å². The van der Waals surface area contributed by atoms with Crippen molar-refractivity contribution in [2.24, 2.45) is 0 Å². The number of aromatic hydroxyl groups is 1. The fourth-order valence-corrected chi connectivity index (χ4v) is 1.11. The molecule has 1 rings (SSSR count). The van der Waals surface area contributed by atoms with E-state index in [-0.39, 0.29) is 0 Å². The Bertz CT molecular complexity index is 464. The largest absolute Gasteiger partial charge is 0.507 e. The van der Waals surface area contributed by atoms with Crippen LogP contribution < -0.4 is 0 Å². The third-order valence-corrected chi connectivity index (χ3v) is 1.74. The standard InChI is InChI=1S/C11H11F3O3/c1-11(2,3)17-10(16)7-6(15)4-5(12)8(13)9(7)14/h4,15H,1-3H3. The maximum absolute atomic E-state index is 13.3. The molecular weight excluding hydrogens is 237 g/mol. The molecule has 0 aliphatic heterocycles. The van der Waals surface area contributed by atoms with Gasteiger partial charge in [0.25, 0.3) is 0 Å². The molecule has 0 heterocycles. The highest BCUT2D eigenvalue weighted by molar-refractivity contribution is 5.93. The molecule has 0 atom stereocenters. The minimum Gasteiger partial charge on any atom is -0.507 e. The summed E-state index contributed by atoms with van der Waals surface area (Å²) in [5.41, 5.74) is -1.96. The Hall–Kier alpha value is -1.72. The van der Waals surface area contributed by atoms with E-state index in [1.165, 1.54) is 20.8 Å². The van der Waals surface area contributed by atoms with Gasteiger partial charge >= 0.3 is 5.97 Å². The molecule has 0 aromatic heterocycles. The minimum atomic E-state index is -1.83. The van der Waals surface area contributed by atoms with Gasteiger partial charge in [-0.1, -0.05) is 0 Å². The Morgan fingerprint density at radius 1 is 1.24 bits per heavy atom. The van der Waals surface area contributed by atoms with Crippen molar-refractivity contribution in [3.05, 3.63) is 29.1 Å². The van der Waals surface area contributed by atoms with Crippen LogP contribution in [0.1, 0.15) is 31.1 Å². The zero-order valence-corrected chi connectivity index (χ0v) is 9.47. The Labute approximate surface area is 95.8 Å². The normalized spacial score (nSPS) is 11.4. The van der Waals surface area contributed by atoms with E-state index >= 15 is 0 Å². The number of carbonyl (C=O) groups excluding carboxylic acids is 1. The summed E-state index contributed by atoms with van der Waals surface area (Å²) in [6.07, 6.45) is 0. The Kier molecular flexibility index (Phi) is 3.35. The fourth-order valence-electron chi connectivity index (χ4n) is 1.11. The molecule has 0 aliphatic carbocycles. The number of carbonyl (C=O) groups is 1. The molecule has 0 radical (unpaired) electrons. The first-order valence-corrected chi connectivity index (χ1v) is 4.73. The van der Waals surface area contributed by atoms with Crippen LogP contribution in [-0.4, -0.2) is 16.7 Å². The van der Waals surface area contributed by atoms with Crippen LogP contribution in [-0.2, 0) is 4.74 Å². The van der Waals surface area contributed by atoms with E-state index in [0.717, 1.165) is 0 Å². The average molecular weight is 248 g/mol. The van der Waals surface area contributed by atoms with Gasteiger partial charge in [-0.05, 0) is 20.8 Å². The van der Waals surface area contributed by atoms with E-state index < -0.39 is 40.3 Å². The lowest BCUT2D eigenvalue weighted by molar-refractivity contribution is 0.00604. The lowest BCUT2D eigenvalue weighted by Gasteiger charge is -2.20. The van der Waals surface area contributed by atoms with Gasteiger partial charge in [-0.2, -0.15) is 0 Å². The van der Waals surface area contributed by atoms with Gasteiger partial charge < -0.3 is 9.84 Å². The summed E-state index contributed by atoms with van der Waals surface area (Å²) in [6, 6.07) is 0.317. The van der Waals surface area contributed by atoms with E-state index in [4.69, 9.17) is 4.74 Å². The SMILES string of the molecule is CC(C)(C)OC(=O)c1c(O)cc(F)c(F)c1F. The van der Waals surface area contributed by atoms with E-state index in [1.807, 2.05) is 0 Å². The van der Waals surface area contributed by atoms with Crippen molar-refractivity contribution in [3.8, 4) is 5.75 Å². The van der Waals surface area contributed by atoms with Gasteiger partial charge in [0.05, 0.1) is 0 Å². The highest BCUT2D eigenvalue weighted by Gasteiger charge is 2.27. The number of phenolic OH excluding ortho intramolecular Hbond substituents is 1. The first kappa shape index (κ1) is 13.3. The maximum atomic E-state index is 13.3. The molecule has 3 nitrogen and oxygen atoms in total. The fraction of sp³-hybridized carbons (Fsp3) is 0.364. The predicted molar refractivity (Wildman–Crippen MR) is 53.1 cm³/mol. The van der Waals surface area contributed by atoms with Gasteiger partial charge in [0.1, 0.15) is 16.9 Å². The number of ether oxygens (including phenoxy) is 1. The molecule has 0 aliphatic rings. The minimum absolute atomic E-state index is 0.317. The number of rotatable bonds is 1. The van der Waals surface area contributed by atoms with E-state index in [2.05, 4.69) is 0 Å². The lowest BCUT2D eigenvalue weighted by Crippen LogP contribution is -2.25. The lowest BCUT2D eigenvalue weighted by atomic mass is 10.1. The van der Waals surface area contributed by atoms with Crippen molar-refractivity contribution >= 4 is 5.97 Å². The Morgan fingerprint density at radius 2 is 1.76 bits per heavy atom. The number of hydrogen-bond donors (Lipinski definition) is 1. The highest BCUT2D eigenvalue weighted by atomic mass is 19.2. The van der Waals surface area contributed by atoms with Crippen LogP contribution in [0.3, 0.4) is 0 Å². The van der Waals surface area contributed by atoms with Gasteiger partial charge in [-0.15, -0.1) is 0 Å². The molecule has 0 amide bonds. The Balaban J connectivity index is 3.24. The zero-order valence-electron chi connectivity index (χ0n) is 9.47. The number of benzene rings is 1. The van der Waals surface area contributed by atoms with Crippen molar-refractivity contribution in [3.63, 3.8) is 0 Å². The molecule has 1 aromatic carbocycles. The van der Waals surface area contributed by atoms with Crippen molar-refractivity contribution in [1.82, 2.24) is 0 Å². The molecule has 1 aromatic rings. The molecule has 6 heteroatoms. The second-order valence-electron chi connectivity index (χ2n) is 4.38. The summed E-state index contributed by atoms with van der Waals surface area (Å²) in [5.74, 6) is -7.44.